The molecule has 4 aromatic rings. The molecular weight excluding hydrogens is 234 g/mol. The van der Waals surface area contributed by atoms with E-state index in [0.717, 1.165) is 11.2 Å². The Labute approximate surface area is 109 Å². The fourth-order valence-corrected chi connectivity index (χ4v) is 2.95. The van der Waals surface area contributed by atoms with Crippen LogP contribution in [0, 0.1) is 0 Å². The van der Waals surface area contributed by atoms with Gasteiger partial charge < -0.3 is 9.38 Å². The van der Waals surface area contributed by atoms with E-state index < -0.39 is 0 Å². The SMILES string of the molecule is c1ccc2c(c1)[nH]c1c2ccn2cc(C3CC3)nc12. The number of para-hydroxylation sites is 1. The maximum absolute atomic E-state index is 4.83. The van der Waals surface area contributed by atoms with Gasteiger partial charge in [-0.25, -0.2) is 4.98 Å². The molecule has 1 aliphatic carbocycles. The number of aromatic nitrogens is 3. The van der Waals surface area contributed by atoms with E-state index in [-0.39, 0.29) is 0 Å². The van der Waals surface area contributed by atoms with Gasteiger partial charge in [0.05, 0.1) is 11.2 Å². The van der Waals surface area contributed by atoms with Gasteiger partial charge in [-0.3, -0.25) is 0 Å². The van der Waals surface area contributed by atoms with Crippen molar-refractivity contribution in [1.29, 1.82) is 0 Å². The van der Waals surface area contributed by atoms with Crippen LogP contribution in [0.15, 0.2) is 42.7 Å². The second-order valence-corrected chi connectivity index (χ2v) is 5.45. The van der Waals surface area contributed by atoms with E-state index in [0.29, 0.717) is 5.92 Å². The van der Waals surface area contributed by atoms with Crippen LogP contribution >= 0.6 is 0 Å². The molecule has 5 rings (SSSR count). The monoisotopic (exact) mass is 247 g/mol. The summed E-state index contributed by atoms with van der Waals surface area (Å²) in [5.41, 5.74) is 4.62. The summed E-state index contributed by atoms with van der Waals surface area (Å²) in [4.78, 5) is 8.34. The van der Waals surface area contributed by atoms with Crippen molar-refractivity contribution in [3.8, 4) is 0 Å². The average Bonchev–Trinajstić information content (AvgIpc) is 3.08. The van der Waals surface area contributed by atoms with Gasteiger partial charge in [-0.2, -0.15) is 0 Å². The lowest BCUT2D eigenvalue weighted by atomic mass is 10.2. The molecule has 1 fully saturated rings. The van der Waals surface area contributed by atoms with E-state index in [1.165, 1.54) is 34.8 Å². The van der Waals surface area contributed by atoms with Gasteiger partial charge in [0.25, 0.3) is 0 Å². The number of nitrogens with one attached hydrogen (secondary N) is 1. The number of aromatic amines is 1. The molecule has 0 unspecified atom stereocenters. The number of H-pyrrole nitrogens is 1. The van der Waals surface area contributed by atoms with Gasteiger partial charge in [-0.1, -0.05) is 18.2 Å². The van der Waals surface area contributed by atoms with Gasteiger partial charge >= 0.3 is 0 Å². The molecule has 1 aliphatic rings. The molecule has 0 bridgehead atoms. The van der Waals surface area contributed by atoms with Gasteiger partial charge in [-0.05, 0) is 25.0 Å². The molecule has 0 radical (unpaired) electrons. The number of nitrogens with zero attached hydrogens (tertiary/aromatic N) is 2. The quantitative estimate of drug-likeness (QED) is 0.544. The Morgan fingerprint density at radius 3 is 2.89 bits per heavy atom. The van der Waals surface area contributed by atoms with E-state index in [2.05, 4.69) is 52.1 Å². The lowest BCUT2D eigenvalue weighted by molar-refractivity contribution is 1.06. The van der Waals surface area contributed by atoms with Crippen LogP contribution in [0.5, 0.6) is 0 Å². The Morgan fingerprint density at radius 1 is 1.11 bits per heavy atom. The second kappa shape index (κ2) is 3.18. The maximum Gasteiger partial charge on any atom is 0.161 e. The molecule has 0 saturated heterocycles. The van der Waals surface area contributed by atoms with Crippen LogP contribution in [0.3, 0.4) is 0 Å². The van der Waals surface area contributed by atoms with Crippen LogP contribution < -0.4 is 0 Å². The Morgan fingerprint density at radius 2 is 2.00 bits per heavy atom. The summed E-state index contributed by atoms with van der Waals surface area (Å²) in [7, 11) is 0. The number of hydrogen-bond acceptors (Lipinski definition) is 1. The van der Waals surface area contributed by atoms with Crippen molar-refractivity contribution in [2.24, 2.45) is 0 Å². The number of benzene rings is 1. The first-order valence-electron chi connectivity index (χ1n) is 6.78. The number of fused-ring (bicyclic) bond motifs is 5. The number of rotatable bonds is 1. The fraction of sp³-hybridized carbons (Fsp3) is 0.188. The molecule has 0 aliphatic heterocycles. The minimum absolute atomic E-state index is 0.694. The van der Waals surface area contributed by atoms with Crippen LogP contribution in [0.1, 0.15) is 24.5 Å². The lowest BCUT2D eigenvalue weighted by Crippen LogP contribution is -1.82. The largest absolute Gasteiger partial charge is 0.351 e. The zero-order valence-corrected chi connectivity index (χ0v) is 10.4. The zero-order chi connectivity index (χ0) is 12.4. The van der Waals surface area contributed by atoms with Crippen molar-refractivity contribution in [2.75, 3.05) is 0 Å². The molecule has 1 N–H and O–H groups in total. The molecule has 3 heteroatoms. The number of hydrogen-bond donors (Lipinski definition) is 1. The van der Waals surface area contributed by atoms with E-state index in [1.807, 2.05) is 0 Å². The first-order valence-corrected chi connectivity index (χ1v) is 6.78. The standard InChI is InChI=1S/C16H13N3/c1-2-4-13-11(3-1)12-7-8-19-9-14(10-5-6-10)18-16(19)15(12)17-13/h1-4,7-10,17H,5-6H2. The van der Waals surface area contributed by atoms with Crippen molar-refractivity contribution in [3.05, 3.63) is 48.4 Å². The van der Waals surface area contributed by atoms with Crippen LogP contribution in [-0.2, 0) is 0 Å². The van der Waals surface area contributed by atoms with Crippen LogP contribution in [0.2, 0.25) is 0 Å². The van der Waals surface area contributed by atoms with Crippen molar-refractivity contribution >= 4 is 27.5 Å². The van der Waals surface area contributed by atoms with Gasteiger partial charge in [0, 0.05) is 34.6 Å². The Hall–Kier alpha value is -2.29. The topological polar surface area (TPSA) is 33.1 Å². The van der Waals surface area contributed by atoms with Crippen molar-refractivity contribution in [2.45, 2.75) is 18.8 Å². The molecular formula is C16H13N3. The Balaban J connectivity index is 1.95. The van der Waals surface area contributed by atoms with Gasteiger partial charge in [0.15, 0.2) is 5.65 Å². The van der Waals surface area contributed by atoms with E-state index in [9.17, 15) is 0 Å². The van der Waals surface area contributed by atoms with Crippen molar-refractivity contribution in [1.82, 2.24) is 14.4 Å². The molecule has 0 atom stereocenters. The van der Waals surface area contributed by atoms with E-state index >= 15 is 0 Å². The highest BCUT2D eigenvalue weighted by molar-refractivity contribution is 6.11. The van der Waals surface area contributed by atoms with Crippen LogP contribution in [0.4, 0.5) is 0 Å². The van der Waals surface area contributed by atoms with E-state index in [1.54, 1.807) is 0 Å². The number of imidazole rings is 1. The zero-order valence-electron chi connectivity index (χ0n) is 10.4. The van der Waals surface area contributed by atoms with Crippen LogP contribution in [-0.4, -0.2) is 14.4 Å². The molecule has 1 saturated carbocycles. The summed E-state index contributed by atoms with van der Waals surface area (Å²) < 4.78 is 2.14. The minimum Gasteiger partial charge on any atom is -0.351 e. The molecule has 3 nitrogen and oxygen atoms in total. The third-order valence-electron chi connectivity index (χ3n) is 4.12. The first kappa shape index (κ1) is 9.62. The van der Waals surface area contributed by atoms with Crippen molar-refractivity contribution in [3.63, 3.8) is 0 Å². The van der Waals surface area contributed by atoms with E-state index in [4.69, 9.17) is 4.98 Å². The summed E-state index contributed by atoms with van der Waals surface area (Å²) in [6, 6.07) is 10.6. The highest BCUT2D eigenvalue weighted by atomic mass is 15.0. The highest BCUT2D eigenvalue weighted by Gasteiger charge is 2.26. The normalized spacial score (nSPS) is 15.8. The van der Waals surface area contributed by atoms with Gasteiger partial charge in [-0.15, -0.1) is 0 Å². The summed E-state index contributed by atoms with van der Waals surface area (Å²) in [5.74, 6) is 0.694. The smallest absolute Gasteiger partial charge is 0.161 e. The molecule has 3 aromatic heterocycles. The summed E-state index contributed by atoms with van der Waals surface area (Å²) in [6.07, 6.45) is 6.88. The average molecular weight is 247 g/mol. The summed E-state index contributed by atoms with van der Waals surface area (Å²) >= 11 is 0. The van der Waals surface area contributed by atoms with Crippen LogP contribution in [0.25, 0.3) is 27.5 Å². The molecule has 0 spiro atoms. The third-order valence-corrected chi connectivity index (χ3v) is 4.12. The lowest BCUT2D eigenvalue weighted by Gasteiger charge is -1.94. The molecule has 19 heavy (non-hydrogen) atoms. The molecule has 3 heterocycles. The summed E-state index contributed by atoms with van der Waals surface area (Å²) in [5, 5.41) is 2.53. The molecule has 1 aromatic carbocycles. The van der Waals surface area contributed by atoms with Crippen molar-refractivity contribution < 1.29 is 0 Å². The Bertz CT molecular complexity index is 925. The first-order chi connectivity index (χ1) is 9.40. The predicted molar refractivity (Wildman–Crippen MR) is 76.5 cm³/mol. The third kappa shape index (κ3) is 1.24. The summed E-state index contributed by atoms with van der Waals surface area (Å²) in [6.45, 7) is 0. The molecule has 92 valence electrons. The number of pyridine rings is 1. The predicted octanol–water partition coefficient (Wildman–Crippen LogP) is 3.85. The highest BCUT2D eigenvalue weighted by Crippen LogP contribution is 2.40. The second-order valence-electron chi connectivity index (χ2n) is 5.45. The maximum atomic E-state index is 4.83. The molecule has 0 amide bonds. The van der Waals surface area contributed by atoms with Gasteiger partial charge in [0.1, 0.15) is 0 Å². The van der Waals surface area contributed by atoms with Gasteiger partial charge in [0.2, 0.25) is 0 Å². The minimum atomic E-state index is 0.694. The fourth-order valence-electron chi connectivity index (χ4n) is 2.95. The Kier molecular flexibility index (Phi) is 1.61.